The van der Waals surface area contributed by atoms with E-state index in [0.29, 0.717) is 11.0 Å². The highest BCUT2D eigenvalue weighted by atomic mass is 35.5. The zero-order valence-electron chi connectivity index (χ0n) is 8.78. The number of likely N-dealkylation sites (N-methyl/N-ethyl adjacent to an activating group) is 1. The first kappa shape index (κ1) is 10.6. The van der Waals surface area contributed by atoms with Gasteiger partial charge in [-0.1, -0.05) is 11.6 Å². The van der Waals surface area contributed by atoms with Gasteiger partial charge in [0.15, 0.2) is 11.0 Å². The number of aromatic nitrogens is 2. The summed E-state index contributed by atoms with van der Waals surface area (Å²) in [6, 6.07) is 0.795. The molecule has 82 valence electrons. The molecule has 0 spiro atoms. The van der Waals surface area contributed by atoms with Crippen LogP contribution >= 0.6 is 11.6 Å². The minimum atomic E-state index is 0.437. The summed E-state index contributed by atoms with van der Waals surface area (Å²) < 4.78 is 0. The molecule has 1 N–H and O–H groups in total. The number of hydrogen-bond donors (Lipinski definition) is 1. The Morgan fingerprint density at radius 1 is 1.47 bits per heavy atom. The highest BCUT2D eigenvalue weighted by Crippen LogP contribution is 2.24. The van der Waals surface area contributed by atoms with Crippen LogP contribution in [0.4, 0.5) is 5.82 Å². The fraction of sp³-hybridized carbons (Fsp3) is 0.600. The third-order valence-electron chi connectivity index (χ3n) is 2.58. The molecule has 0 amide bonds. The van der Waals surface area contributed by atoms with E-state index in [9.17, 15) is 0 Å². The van der Waals surface area contributed by atoms with Gasteiger partial charge in [-0.15, -0.1) is 0 Å². The second-order valence-corrected chi connectivity index (χ2v) is 4.19. The van der Waals surface area contributed by atoms with Crippen molar-refractivity contribution >= 4 is 17.4 Å². The van der Waals surface area contributed by atoms with Gasteiger partial charge < -0.3 is 10.2 Å². The molecule has 0 aromatic carbocycles. The molecule has 5 heteroatoms. The third-order valence-corrected chi connectivity index (χ3v) is 2.86. The lowest BCUT2D eigenvalue weighted by molar-refractivity contribution is 0.337. The number of nitrogens with zero attached hydrogens (tertiary/aromatic N) is 3. The second kappa shape index (κ2) is 4.77. The zero-order chi connectivity index (χ0) is 10.7. The second-order valence-electron chi connectivity index (χ2n) is 3.83. The Labute approximate surface area is 94.7 Å². The maximum absolute atomic E-state index is 5.86. The van der Waals surface area contributed by atoms with Crippen LogP contribution in [-0.4, -0.2) is 41.0 Å². The molecule has 0 atom stereocenters. The number of nitrogens with one attached hydrogen (secondary N) is 1. The number of halogens is 1. The van der Waals surface area contributed by atoms with Crippen molar-refractivity contribution in [3.8, 4) is 0 Å². The van der Waals surface area contributed by atoms with Crippen LogP contribution in [0.5, 0.6) is 0 Å². The summed E-state index contributed by atoms with van der Waals surface area (Å²) in [5, 5.41) is 3.62. The first-order valence-electron chi connectivity index (χ1n) is 5.18. The van der Waals surface area contributed by atoms with Gasteiger partial charge in [0, 0.05) is 31.5 Å². The van der Waals surface area contributed by atoms with Crippen molar-refractivity contribution in [1.29, 1.82) is 0 Å². The van der Waals surface area contributed by atoms with E-state index >= 15 is 0 Å². The molecule has 1 aromatic rings. The highest BCUT2D eigenvalue weighted by molar-refractivity contribution is 6.31. The molecule has 2 rings (SSSR count). The summed E-state index contributed by atoms with van der Waals surface area (Å²) >= 11 is 5.86. The molecular weight excluding hydrogens is 212 g/mol. The van der Waals surface area contributed by atoms with Crippen molar-refractivity contribution in [3.63, 3.8) is 0 Å². The van der Waals surface area contributed by atoms with Gasteiger partial charge in [0.05, 0.1) is 0 Å². The number of rotatable bonds is 5. The van der Waals surface area contributed by atoms with Gasteiger partial charge in [0.25, 0.3) is 0 Å². The SMILES string of the molecule is CN(CCNc1nccnc1Cl)C1CC1. The van der Waals surface area contributed by atoms with Crippen LogP contribution in [0.3, 0.4) is 0 Å². The van der Waals surface area contributed by atoms with Crippen LogP contribution in [0.25, 0.3) is 0 Å². The monoisotopic (exact) mass is 226 g/mol. The van der Waals surface area contributed by atoms with E-state index in [4.69, 9.17) is 11.6 Å². The van der Waals surface area contributed by atoms with Gasteiger partial charge in [0.1, 0.15) is 0 Å². The molecule has 0 bridgehead atoms. The van der Waals surface area contributed by atoms with Crippen molar-refractivity contribution in [2.45, 2.75) is 18.9 Å². The summed E-state index contributed by atoms with van der Waals surface area (Å²) in [5.74, 6) is 0.670. The minimum absolute atomic E-state index is 0.437. The molecule has 1 aliphatic carbocycles. The maximum Gasteiger partial charge on any atom is 0.171 e. The van der Waals surface area contributed by atoms with Crippen LogP contribution in [0, 0.1) is 0 Å². The van der Waals surface area contributed by atoms with Gasteiger partial charge in [-0.05, 0) is 19.9 Å². The van der Waals surface area contributed by atoms with Crippen LogP contribution in [-0.2, 0) is 0 Å². The Morgan fingerprint density at radius 3 is 2.87 bits per heavy atom. The average Bonchev–Trinajstić information content (AvgIpc) is 3.04. The van der Waals surface area contributed by atoms with E-state index in [0.717, 1.165) is 19.1 Å². The molecule has 1 heterocycles. The van der Waals surface area contributed by atoms with E-state index in [1.165, 1.54) is 12.8 Å². The van der Waals surface area contributed by atoms with Crippen molar-refractivity contribution in [3.05, 3.63) is 17.5 Å². The Kier molecular flexibility index (Phi) is 3.38. The van der Waals surface area contributed by atoms with Crippen molar-refractivity contribution in [2.75, 3.05) is 25.5 Å². The molecule has 1 aromatic heterocycles. The summed E-state index contributed by atoms with van der Waals surface area (Å²) in [5.41, 5.74) is 0. The molecule has 0 aliphatic heterocycles. The summed E-state index contributed by atoms with van der Waals surface area (Å²) in [6.45, 7) is 1.86. The lowest BCUT2D eigenvalue weighted by Crippen LogP contribution is -2.27. The molecule has 0 saturated heterocycles. The van der Waals surface area contributed by atoms with Crippen molar-refractivity contribution < 1.29 is 0 Å². The van der Waals surface area contributed by atoms with E-state index in [2.05, 4.69) is 27.2 Å². The van der Waals surface area contributed by atoms with E-state index in [1.807, 2.05) is 0 Å². The van der Waals surface area contributed by atoms with E-state index < -0.39 is 0 Å². The Balaban J connectivity index is 1.75. The largest absolute Gasteiger partial charge is 0.366 e. The van der Waals surface area contributed by atoms with Gasteiger partial charge >= 0.3 is 0 Å². The van der Waals surface area contributed by atoms with Crippen molar-refractivity contribution in [1.82, 2.24) is 14.9 Å². The predicted octanol–water partition coefficient (Wildman–Crippen LogP) is 1.64. The average molecular weight is 227 g/mol. The standard InChI is InChI=1S/C10H15ClN4/c1-15(8-2-3-8)7-6-14-10-9(11)12-4-5-13-10/h4-5,8H,2-3,6-7H2,1H3,(H,13,14). The quantitative estimate of drug-likeness (QED) is 0.829. The molecule has 0 radical (unpaired) electrons. The Bertz CT molecular complexity index is 327. The zero-order valence-corrected chi connectivity index (χ0v) is 9.54. The van der Waals surface area contributed by atoms with E-state index in [-0.39, 0.29) is 0 Å². The summed E-state index contributed by atoms with van der Waals surface area (Å²) in [4.78, 5) is 10.4. The number of anilines is 1. The van der Waals surface area contributed by atoms with Gasteiger partial charge in [-0.25, -0.2) is 9.97 Å². The van der Waals surface area contributed by atoms with Crippen LogP contribution in [0.2, 0.25) is 5.15 Å². The van der Waals surface area contributed by atoms with Crippen LogP contribution in [0.1, 0.15) is 12.8 Å². The molecule has 1 saturated carbocycles. The minimum Gasteiger partial charge on any atom is -0.366 e. The first-order chi connectivity index (χ1) is 7.27. The summed E-state index contributed by atoms with van der Waals surface area (Å²) in [6.07, 6.45) is 5.90. The van der Waals surface area contributed by atoms with Gasteiger partial charge in [-0.3, -0.25) is 0 Å². The third kappa shape index (κ3) is 3.04. The Morgan fingerprint density at radius 2 is 2.20 bits per heavy atom. The van der Waals surface area contributed by atoms with Gasteiger partial charge in [-0.2, -0.15) is 0 Å². The molecule has 1 fully saturated rings. The normalized spacial score (nSPS) is 15.7. The van der Waals surface area contributed by atoms with Gasteiger partial charge in [0.2, 0.25) is 0 Å². The molecular formula is C10H15ClN4. The van der Waals surface area contributed by atoms with E-state index in [1.54, 1.807) is 12.4 Å². The first-order valence-corrected chi connectivity index (χ1v) is 5.56. The molecule has 0 unspecified atom stereocenters. The lowest BCUT2D eigenvalue weighted by Gasteiger charge is -2.15. The topological polar surface area (TPSA) is 41.0 Å². The molecule has 4 nitrogen and oxygen atoms in total. The predicted molar refractivity (Wildman–Crippen MR) is 61.2 cm³/mol. The smallest absolute Gasteiger partial charge is 0.171 e. The fourth-order valence-corrected chi connectivity index (χ4v) is 1.66. The molecule has 1 aliphatic rings. The van der Waals surface area contributed by atoms with Crippen LogP contribution in [0.15, 0.2) is 12.4 Å². The number of hydrogen-bond acceptors (Lipinski definition) is 4. The summed E-state index contributed by atoms with van der Waals surface area (Å²) in [7, 11) is 2.15. The molecule has 15 heavy (non-hydrogen) atoms. The maximum atomic E-state index is 5.86. The Hall–Kier alpha value is -0.870. The van der Waals surface area contributed by atoms with Crippen LogP contribution < -0.4 is 5.32 Å². The lowest BCUT2D eigenvalue weighted by atomic mass is 10.5. The highest BCUT2D eigenvalue weighted by Gasteiger charge is 2.25. The van der Waals surface area contributed by atoms with Crippen molar-refractivity contribution in [2.24, 2.45) is 0 Å². The fourth-order valence-electron chi connectivity index (χ4n) is 1.49.